The molecule has 1 unspecified atom stereocenters. The third-order valence-corrected chi connectivity index (χ3v) is 3.67. The van der Waals surface area contributed by atoms with E-state index in [0.29, 0.717) is 11.3 Å². The Bertz CT molecular complexity index is 936. The van der Waals surface area contributed by atoms with Crippen LogP contribution in [0.4, 0.5) is 0 Å². The summed E-state index contributed by atoms with van der Waals surface area (Å²) in [5, 5.41) is 12.2. The minimum absolute atomic E-state index is 0.0383. The molecule has 24 heavy (non-hydrogen) atoms. The van der Waals surface area contributed by atoms with E-state index in [0.717, 1.165) is 5.56 Å². The van der Waals surface area contributed by atoms with Gasteiger partial charge in [0, 0.05) is 13.0 Å². The lowest BCUT2D eigenvalue weighted by molar-refractivity contribution is -0.113. The number of rotatable bonds is 2. The van der Waals surface area contributed by atoms with Crippen molar-refractivity contribution in [2.45, 2.75) is 19.9 Å². The van der Waals surface area contributed by atoms with E-state index >= 15 is 0 Å². The smallest absolute Gasteiger partial charge is 0.345 e. The first-order chi connectivity index (χ1) is 11.5. The molecule has 2 heterocycles. The number of aryl methyl sites for hydroxylation is 1. The zero-order valence-corrected chi connectivity index (χ0v) is 13.1. The number of fused-ring (bicyclic) bond motifs is 1. The SMILES string of the molecule is CC(=O)/C(C#N)=C1\NC(c2ccccc2)c2c(cc(C)oc2=O)O1. The van der Waals surface area contributed by atoms with E-state index in [9.17, 15) is 14.9 Å². The molecule has 1 aromatic heterocycles. The number of allylic oxidation sites excluding steroid dienone is 1. The van der Waals surface area contributed by atoms with Gasteiger partial charge < -0.3 is 14.5 Å². The van der Waals surface area contributed by atoms with Crippen molar-refractivity contribution in [1.29, 1.82) is 5.26 Å². The number of nitrogens with zero attached hydrogens (tertiary/aromatic N) is 1. The van der Waals surface area contributed by atoms with Crippen LogP contribution in [-0.2, 0) is 4.79 Å². The normalized spacial score (nSPS) is 17.8. The van der Waals surface area contributed by atoms with E-state index in [1.807, 2.05) is 36.4 Å². The number of benzene rings is 1. The second kappa shape index (κ2) is 6.05. The summed E-state index contributed by atoms with van der Waals surface area (Å²) in [5.41, 5.74) is 0.437. The summed E-state index contributed by atoms with van der Waals surface area (Å²) in [5.74, 6) is 0.278. The fourth-order valence-corrected chi connectivity index (χ4v) is 2.59. The van der Waals surface area contributed by atoms with Crippen LogP contribution in [0, 0.1) is 18.3 Å². The summed E-state index contributed by atoms with van der Waals surface area (Å²) < 4.78 is 10.8. The number of carbonyl (C=O) groups excluding carboxylic acids is 1. The summed E-state index contributed by atoms with van der Waals surface area (Å²) in [6.07, 6.45) is 0. The molecular formula is C18H14N2O4. The first-order valence-electron chi connectivity index (χ1n) is 7.30. The molecule has 3 rings (SSSR count). The monoisotopic (exact) mass is 322 g/mol. The van der Waals surface area contributed by atoms with Crippen molar-refractivity contribution in [2.24, 2.45) is 0 Å². The van der Waals surface area contributed by atoms with Gasteiger partial charge in [-0.3, -0.25) is 4.79 Å². The van der Waals surface area contributed by atoms with Gasteiger partial charge in [-0.15, -0.1) is 0 Å². The van der Waals surface area contributed by atoms with E-state index in [4.69, 9.17) is 9.15 Å². The van der Waals surface area contributed by atoms with Gasteiger partial charge in [0.15, 0.2) is 11.4 Å². The molecule has 1 N–H and O–H groups in total. The van der Waals surface area contributed by atoms with Gasteiger partial charge in [0.1, 0.15) is 23.1 Å². The Morgan fingerprint density at radius 2 is 2.00 bits per heavy atom. The number of hydrogen-bond donors (Lipinski definition) is 1. The summed E-state index contributed by atoms with van der Waals surface area (Å²) in [4.78, 5) is 24.0. The van der Waals surface area contributed by atoms with Crippen LogP contribution in [0.1, 0.15) is 29.9 Å². The first kappa shape index (κ1) is 15.6. The Morgan fingerprint density at radius 1 is 1.29 bits per heavy atom. The number of carbonyl (C=O) groups is 1. The zero-order valence-electron chi connectivity index (χ0n) is 13.1. The summed E-state index contributed by atoms with van der Waals surface area (Å²) in [6.45, 7) is 2.92. The van der Waals surface area contributed by atoms with Crippen LogP contribution in [0.25, 0.3) is 0 Å². The molecule has 0 spiro atoms. The highest BCUT2D eigenvalue weighted by Gasteiger charge is 2.32. The maximum Gasteiger partial charge on any atom is 0.345 e. The molecule has 1 atom stereocenters. The van der Waals surface area contributed by atoms with E-state index in [-0.39, 0.29) is 17.2 Å². The molecule has 0 fully saturated rings. The molecule has 6 nitrogen and oxygen atoms in total. The highest BCUT2D eigenvalue weighted by molar-refractivity contribution is 5.97. The number of ketones is 1. The van der Waals surface area contributed by atoms with E-state index in [2.05, 4.69) is 5.32 Å². The maximum absolute atomic E-state index is 12.3. The molecule has 0 amide bonds. The lowest BCUT2D eigenvalue weighted by Gasteiger charge is -2.29. The minimum Gasteiger partial charge on any atom is -0.439 e. The fourth-order valence-electron chi connectivity index (χ4n) is 2.59. The Labute approximate surface area is 138 Å². The minimum atomic E-state index is -0.579. The van der Waals surface area contributed by atoms with Crippen molar-refractivity contribution >= 4 is 5.78 Å². The van der Waals surface area contributed by atoms with Gasteiger partial charge in [0.05, 0.1) is 6.04 Å². The molecule has 120 valence electrons. The second-order valence-electron chi connectivity index (χ2n) is 5.38. The van der Waals surface area contributed by atoms with Gasteiger partial charge in [-0.2, -0.15) is 5.26 Å². The van der Waals surface area contributed by atoms with Crippen molar-refractivity contribution in [3.8, 4) is 11.8 Å². The van der Waals surface area contributed by atoms with E-state index < -0.39 is 17.5 Å². The van der Waals surface area contributed by atoms with E-state index in [1.165, 1.54) is 6.92 Å². The van der Waals surface area contributed by atoms with Crippen molar-refractivity contribution in [2.75, 3.05) is 0 Å². The first-order valence-corrected chi connectivity index (χ1v) is 7.30. The standard InChI is InChI=1S/C18H14N2O4/c1-10-8-14-15(18(22)23-10)16(12-6-4-3-5-7-12)20-17(24-14)13(9-19)11(2)21/h3-8,16,20H,1-2H3/b17-13+. The largest absolute Gasteiger partial charge is 0.439 e. The second-order valence-corrected chi connectivity index (χ2v) is 5.38. The summed E-state index contributed by atoms with van der Waals surface area (Å²) in [6, 6.07) is 12.0. The topological polar surface area (TPSA) is 92.3 Å². The number of nitriles is 1. The van der Waals surface area contributed by atoms with Crippen molar-refractivity contribution in [1.82, 2.24) is 5.32 Å². The van der Waals surface area contributed by atoms with Gasteiger partial charge in [-0.1, -0.05) is 30.3 Å². The lowest BCUT2D eigenvalue weighted by atomic mass is 9.97. The predicted molar refractivity (Wildman–Crippen MR) is 85.1 cm³/mol. The molecule has 0 bridgehead atoms. The molecule has 0 saturated heterocycles. The highest BCUT2D eigenvalue weighted by atomic mass is 16.5. The number of nitrogens with one attached hydrogen (secondary N) is 1. The lowest BCUT2D eigenvalue weighted by Crippen LogP contribution is -2.35. The molecule has 1 aliphatic rings. The third kappa shape index (κ3) is 2.68. The third-order valence-electron chi connectivity index (χ3n) is 3.67. The molecule has 0 aliphatic carbocycles. The van der Waals surface area contributed by atoms with Gasteiger partial charge in [0.25, 0.3) is 0 Å². The Balaban J connectivity index is 2.25. The molecule has 0 radical (unpaired) electrons. The average Bonchev–Trinajstić information content (AvgIpc) is 2.54. The van der Waals surface area contributed by atoms with Gasteiger partial charge in [-0.25, -0.2) is 4.79 Å². The van der Waals surface area contributed by atoms with Crippen LogP contribution in [-0.4, -0.2) is 5.78 Å². The van der Waals surface area contributed by atoms with Crippen molar-refractivity contribution in [3.05, 3.63) is 75.2 Å². The molecule has 6 heteroatoms. The van der Waals surface area contributed by atoms with Crippen LogP contribution in [0.2, 0.25) is 0 Å². The van der Waals surface area contributed by atoms with E-state index in [1.54, 1.807) is 13.0 Å². The van der Waals surface area contributed by atoms with Gasteiger partial charge in [-0.05, 0) is 12.5 Å². The van der Waals surface area contributed by atoms with Gasteiger partial charge in [0.2, 0.25) is 5.88 Å². The number of Topliss-reactive ketones (excluding diaryl/α,β-unsaturated/α-hetero) is 1. The highest BCUT2D eigenvalue weighted by Crippen LogP contribution is 2.34. The number of hydrogen-bond acceptors (Lipinski definition) is 6. The fraction of sp³-hybridized carbons (Fsp3) is 0.167. The molecule has 1 aliphatic heterocycles. The number of ether oxygens (including phenoxy) is 1. The molecular weight excluding hydrogens is 308 g/mol. The maximum atomic E-state index is 12.3. The van der Waals surface area contributed by atoms with Crippen LogP contribution in [0.5, 0.6) is 5.75 Å². The van der Waals surface area contributed by atoms with Crippen LogP contribution in [0.3, 0.4) is 0 Å². The Kier molecular flexibility index (Phi) is 3.92. The molecule has 0 saturated carbocycles. The zero-order chi connectivity index (χ0) is 17.3. The average molecular weight is 322 g/mol. The Morgan fingerprint density at radius 3 is 2.62 bits per heavy atom. The van der Waals surface area contributed by atoms with Crippen molar-refractivity contribution in [3.63, 3.8) is 0 Å². The Hall–Kier alpha value is -3.33. The summed E-state index contributed by atoms with van der Waals surface area (Å²) in [7, 11) is 0. The molecule has 1 aromatic carbocycles. The summed E-state index contributed by atoms with van der Waals surface area (Å²) >= 11 is 0. The van der Waals surface area contributed by atoms with Gasteiger partial charge >= 0.3 is 5.63 Å². The van der Waals surface area contributed by atoms with Crippen molar-refractivity contribution < 1.29 is 13.9 Å². The van der Waals surface area contributed by atoms with Crippen LogP contribution >= 0.6 is 0 Å². The van der Waals surface area contributed by atoms with Crippen LogP contribution in [0.15, 0.2) is 57.1 Å². The quantitative estimate of drug-likeness (QED) is 0.674. The predicted octanol–water partition coefficient (Wildman–Crippen LogP) is 2.34. The molecule has 2 aromatic rings. The van der Waals surface area contributed by atoms with Crippen LogP contribution < -0.4 is 15.7 Å².